The fraction of sp³-hybridized carbons (Fsp3) is 0.600. The molecular weight excluding hydrogens is 323 g/mol. The minimum atomic E-state index is -4.57. The average molecular weight is 336 g/mol. The molecule has 19 heavy (non-hydrogen) atoms. The highest BCUT2D eigenvalue weighted by Crippen LogP contribution is 2.30. The average Bonchev–Trinajstić information content (AvgIpc) is 2.66. The Morgan fingerprint density at radius 2 is 2.00 bits per heavy atom. The number of alkyl halides is 4. The largest absolute Gasteiger partial charge is 0.402 e. The third-order valence-corrected chi connectivity index (χ3v) is 6.05. The van der Waals surface area contributed by atoms with Crippen molar-refractivity contribution in [3.8, 4) is 0 Å². The summed E-state index contributed by atoms with van der Waals surface area (Å²) in [6.45, 7) is 1.19. The van der Waals surface area contributed by atoms with Gasteiger partial charge in [-0.05, 0) is 13.0 Å². The molecule has 0 amide bonds. The molecule has 0 aromatic carbocycles. The molecule has 1 aromatic rings. The van der Waals surface area contributed by atoms with Crippen LogP contribution in [0.3, 0.4) is 0 Å². The van der Waals surface area contributed by atoms with Crippen LogP contribution in [0.15, 0.2) is 11.0 Å². The lowest BCUT2D eigenvalue weighted by Gasteiger charge is -2.21. The van der Waals surface area contributed by atoms with Crippen LogP contribution < -0.4 is 0 Å². The van der Waals surface area contributed by atoms with E-state index in [2.05, 4.69) is 0 Å². The zero-order valence-electron chi connectivity index (χ0n) is 10.3. The predicted molar refractivity (Wildman–Crippen MR) is 69.1 cm³/mol. The van der Waals surface area contributed by atoms with E-state index in [1.165, 1.54) is 24.3 Å². The summed E-state index contributed by atoms with van der Waals surface area (Å²) in [5.41, 5.74) is 0. The van der Waals surface area contributed by atoms with E-state index in [0.717, 1.165) is 0 Å². The predicted octanol–water partition coefficient (Wildman–Crippen LogP) is 3.37. The van der Waals surface area contributed by atoms with E-state index in [-0.39, 0.29) is 17.3 Å². The van der Waals surface area contributed by atoms with Gasteiger partial charge in [0, 0.05) is 16.3 Å². The van der Waals surface area contributed by atoms with Crippen molar-refractivity contribution in [2.75, 3.05) is 13.1 Å². The molecule has 3 nitrogen and oxygen atoms in total. The van der Waals surface area contributed by atoms with Gasteiger partial charge in [-0.15, -0.1) is 22.9 Å². The number of rotatable bonds is 5. The number of aryl methyl sites for hydroxylation is 1. The van der Waals surface area contributed by atoms with Crippen LogP contribution in [0.25, 0.3) is 0 Å². The molecule has 1 aromatic heterocycles. The number of halogens is 4. The second-order valence-electron chi connectivity index (χ2n) is 3.81. The van der Waals surface area contributed by atoms with E-state index >= 15 is 0 Å². The molecule has 110 valence electrons. The molecule has 0 fully saturated rings. The van der Waals surface area contributed by atoms with Crippen molar-refractivity contribution >= 4 is 33.0 Å². The first-order valence-corrected chi connectivity index (χ1v) is 8.13. The Hall–Kier alpha value is -0.310. The summed E-state index contributed by atoms with van der Waals surface area (Å²) in [4.78, 5) is 0.955. The van der Waals surface area contributed by atoms with Crippen LogP contribution in [0.4, 0.5) is 13.2 Å². The Kier molecular flexibility index (Phi) is 5.28. The van der Waals surface area contributed by atoms with Crippen LogP contribution in [0.2, 0.25) is 0 Å². The second kappa shape index (κ2) is 5.99. The van der Waals surface area contributed by atoms with Crippen LogP contribution in [0.1, 0.15) is 16.7 Å². The number of nitrogens with zero attached hydrogens (tertiary/aromatic N) is 1. The van der Waals surface area contributed by atoms with Crippen molar-refractivity contribution < 1.29 is 21.6 Å². The first-order valence-electron chi connectivity index (χ1n) is 5.34. The van der Waals surface area contributed by atoms with Crippen LogP contribution >= 0.6 is 22.9 Å². The van der Waals surface area contributed by atoms with E-state index in [4.69, 9.17) is 11.6 Å². The van der Waals surface area contributed by atoms with Crippen LogP contribution in [0.5, 0.6) is 0 Å². The number of thiophene rings is 1. The minimum absolute atomic E-state index is 0.0979. The summed E-state index contributed by atoms with van der Waals surface area (Å²) in [7, 11) is -4.14. The monoisotopic (exact) mass is 335 g/mol. The summed E-state index contributed by atoms with van der Waals surface area (Å²) < 4.78 is 61.9. The van der Waals surface area contributed by atoms with Gasteiger partial charge in [0.05, 0.1) is 10.8 Å². The number of hydrogen-bond acceptors (Lipinski definition) is 3. The molecule has 0 saturated carbocycles. The highest BCUT2D eigenvalue weighted by Gasteiger charge is 2.37. The standard InChI is InChI=1S/C10H13ClF3NO2S2/c1-3-15(6-10(12,13)14)19(16,17)9-4-8(5-11)18-7(9)2/h4H,3,5-6H2,1-2H3. The molecule has 0 aliphatic carbocycles. The second-order valence-corrected chi connectivity index (χ2v) is 7.33. The smallest absolute Gasteiger partial charge is 0.207 e. The molecule has 0 N–H and O–H groups in total. The van der Waals surface area contributed by atoms with Gasteiger partial charge in [-0.2, -0.15) is 17.5 Å². The molecule has 1 rings (SSSR count). The minimum Gasteiger partial charge on any atom is -0.207 e. The lowest BCUT2D eigenvalue weighted by molar-refractivity contribution is -0.135. The molecule has 1 heterocycles. The summed E-state index contributed by atoms with van der Waals surface area (Å²) >= 11 is 6.77. The van der Waals surface area contributed by atoms with Crippen molar-refractivity contribution in [2.45, 2.75) is 30.8 Å². The van der Waals surface area contributed by atoms with Gasteiger partial charge in [0.15, 0.2) is 0 Å². The van der Waals surface area contributed by atoms with Gasteiger partial charge in [-0.3, -0.25) is 0 Å². The third kappa shape index (κ3) is 4.08. The first kappa shape index (κ1) is 16.7. The molecule has 0 aliphatic heterocycles. The van der Waals surface area contributed by atoms with Gasteiger partial charge < -0.3 is 0 Å². The maximum absolute atomic E-state index is 12.4. The van der Waals surface area contributed by atoms with Gasteiger partial charge in [0.25, 0.3) is 0 Å². The number of sulfonamides is 1. The highest BCUT2D eigenvalue weighted by atomic mass is 35.5. The third-order valence-electron chi connectivity index (χ3n) is 2.38. The van der Waals surface area contributed by atoms with Crippen LogP contribution in [-0.4, -0.2) is 32.0 Å². The van der Waals surface area contributed by atoms with E-state index in [1.807, 2.05) is 0 Å². The zero-order chi connectivity index (χ0) is 14.8. The zero-order valence-corrected chi connectivity index (χ0v) is 12.7. The Morgan fingerprint density at radius 3 is 2.37 bits per heavy atom. The van der Waals surface area contributed by atoms with Crippen molar-refractivity contribution in [1.82, 2.24) is 4.31 Å². The first-order chi connectivity index (χ1) is 8.61. The van der Waals surface area contributed by atoms with Crippen LogP contribution in [-0.2, 0) is 15.9 Å². The van der Waals surface area contributed by atoms with Gasteiger partial charge in [0.1, 0.15) is 6.54 Å². The summed E-state index contributed by atoms with van der Waals surface area (Å²) in [5.74, 6) is 0.131. The Morgan fingerprint density at radius 1 is 1.42 bits per heavy atom. The van der Waals surface area contributed by atoms with E-state index in [1.54, 1.807) is 6.92 Å². The maximum Gasteiger partial charge on any atom is 0.402 e. The van der Waals surface area contributed by atoms with Crippen molar-refractivity contribution in [3.63, 3.8) is 0 Å². The maximum atomic E-state index is 12.4. The molecule has 0 spiro atoms. The summed E-state index contributed by atoms with van der Waals surface area (Å²) in [6, 6.07) is 1.33. The molecule has 0 atom stereocenters. The fourth-order valence-electron chi connectivity index (χ4n) is 1.55. The van der Waals surface area contributed by atoms with Crippen molar-refractivity contribution in [2.24, 2.45) is 0 Å². The van der Waals surface area contributed by atoms with Gasteiger partial charge in [-0.25, -0.2) is 8.42 Å². The Labute approximate surface area is 119 Å². The SMILES string of the molecule is CCN(CC(F)(F)F)S(=O)(=O)c1cc(CCl)sc1C. The Balaban J connectivity index is 3.17. The highest BCUT2D eigenvalue weighted by molar-refractivity contribution is 7.89. The lowest BCUT2D eigenvalue weighted by Crippen LogP contribution is -2.38. The summed E-state index contributed by atoms with van der Waals surface area (Å²) in [5, 5.41) is 0. The quantitative estimate of drug-likeness (QED) is 0.774. The van der Waals surface area contributed by atoms with E-state index in [9.17, 15) is 21.6 Å². The van der Waals surface area contributed by atoms with Gasteiger partial charge >= 0.3 is 6.18 Å². The molecule has 0 unspecified atom stereocenters. The Bertz CT molecular complexity index is 539. The van der Waals surface area contributed by atoms with Gasteiger partial charge in [0.2, 0.25) is 10.0 Å². The molecule has 0 saturated heterocycles. The van der Waals surface area contributed by atoms with Crippen molar-refractivity contribution in [1.29, 1.82) is 0 Å². The normalized spacial score (nSPS) is 13.2. The summed E-state index contributed by atoms with van der Waals surface area (Å²) in [6.07, 6.45) is -4.57. The molecule has 0 radical (unpaired) electrons. The molecule has 0 aliphatic rings. The lowest BCUT2D eigenvalue weighted by atomic mass is 10.4. The molecule has 9 heteroatoms. The fourth-order valence-corrected chi connectivity index (χ4v) is 4.68. The number of hydrogen-bond donors (Lipinski definition) is 0. The molecule has 0 bridgehead atoms. The van der Waals surface area contributed by atoms with E-state index < -0.39 is 22.7 Å². The van der Waals surface area contributed by atoms with Gasteiger partial charge in [-0.1, -0.05) is 6.92 Å². The van der Waals surface area contributed by atoms with Crippen molar-refractivity contribution in [3.05, 3.63) is 15.8 Å². The van der Waals surface area contributed by atoms with Crippen LogP contribution in [0, 0.1) is 6.92 Å². The topological polar surface area (TPSA) is 37.4 Å². The molecular formula is C10H13ClF3NO2S2. The van der Waals surface area contributed by atoms with E-state index in [0.29, 0.717) is 14.1 Å².